The third-order valence-electron chi connectivity index (χ3n) is 4.85. The van der Waals surface area contributed by atoms with Crippen LogP contribution >= 0.6 is 0 Å². The van der Waals surface area contributed by atoms with Crippen molar-refractivity contribution in [1.29, 1.82) is 0 Å². The zero-order valence-corrected chi connectivity index (χ0v) is 17.6. The van der Waals surface area contributed by atoms with Gasteiger partial charge in [0.05, 0.1) is 11.4 Å². The van der Waals surface area contributed by atoms with Gasteiger partial charge < -0.3 is 14.5 Å². The molecule has 7 nitrogen and oxygen atoms in total. The Kier molecular flexibility index (Phi) is 5.95. The smallest absolute Gasteiger partial charge is 0.406 e. The van der Waals surface area contributed by atoms with E-state index >= 15 is 0 Å². The second kappa shape index (κ2) is 8.18. The summed E-state index contributed by atoms with van der Waals surface area (Å²) in [5, 5.41) is 0. The normalized spacial score (nSPS) is 16.4. The molecule has 3 amide bonds. The summed E-state index contributed by atoms with van der Waals surface area (Å²) >= 11 is 0. The van der Waals surface area contributed by atoms with Crippen molar-refractivity contribution in [2.75, 3.05) is 19.0 Å². The van der Waals surface area contributed by atoms with Crippen molar-refractivity contribution in [3.05, 3.63) is 53.9 Å². The van der Waals surface area contributed by atoms with Gasteiger partial charge >= 0.3 is 12.4 Å². The molecule has 1 aliphatic rings. The molecule has 166 valence electrons. The molecular formula is C21H23F3N4O3. The highest BCUT2D eigenvalue weighted by atomic mass is 19.4. The molecule has 1 aromatic carbocycles. The fourth-order valence-electron chi connectivity index (χ4n) is 3.35. The minimum absolute atomic E-state index is 0.170. The molecule has 0 atom stereocenters. The van der Waals surface area contributed by atoms with Gasteiger partial charge in [-0.3, -0.25) is 9.78 Å². The number of amides is 3. The molecule has 0 bridgehead atoms. The lowest BCUT2D eigenvalue weighted by molar-refractivity contribution is -0.274. The first-order chi connectivity index (χ1) is 14.4. The maximum absolute atomic E-state index is 13.1. The molecule has 0 N–H and O–H groups in total. The number of carbonyl (C=O) groups is 2. The van der Waals surface area contributed by atoms with E-state index in [4.69, 9.17) is 0 Å². The van der Waals surface area contributed by atoms with Crippen LogP contribution in [0.15, 0.2) is 42.6 Å². The number of alkyl halides is 3. The molecule has 2 heterocycles. The first-order valence-electron chi connectivity index (χ1n) is 9.49. The molecule has 0 radical (unpaired) electrons. The summed E-state index contributed by atoms with van der Waals surface area (Å²) in [6, 6.07) is 7.73. The zero-order chi connectivity index (χ0) is 23.0. The average Bonchev–Trinajstić information content (AvgIpc) is 2.81. The maximum Gasteiger partial charge on any atom is 0.573 e. The number of halogens is 3. The number of pyridine rings is 1. The summed E-state index contributed by atoms with van der Waals surface area (Å²) < 4.78 is 41.0. The van der Waals surface area contributed by atoms with E-state index in [9.17, 15) is 22.8 Å². The number of carbonyl (C=O) groups excluding carboxylic acids is 2. The van der Waals surface area contributed by atoms with Gasteiger partial charge in [-0.05, 0) is 69.9 Å². The number of benzene rings is 1. The molecule has 3 rings (SSSR count). The van der Waals surface area contributed by atoms with Crippen molar-refractivity contribution in [3.63, 3.8) is 0 Å². The van der Waals surface area contributed by atoms with E-state index in [1.165, 1.54) is 17.0 Å². The Hall–Kier alpha value is -3.14. The van der Waals surface area contributed by atoms with E-state index < -0.39 is 29.6 Å². The number of aromatic nitrogens is 1. The van der Waals surface area contributed by atoms with Crippen molar-refractivity contribution >= 4 is 17.6 Å². The Morgan fingerprint density at radius 1 is 1.10 bits per heavy atom. The fraction of sp³-hybridized carbons (Fsp3) is 0.381. The summed E-state index contributed by atoms with van der Waals surface area (Å²) in [6.45, 7) is 4.08. The van der Waals surface area contributed by atoms with Gasteiger partial charge in [0.1, 0.15) is 11.3 Å². The van der Waals surface area contributed by atoms with Crippen molar-refractivity contribution in [2.24, 2.45) is 0 Å². The van der Waals surface area contributed by atoms with E-state index in [0.717, 1.165) is 28.3 Å². The Balaban J connectivity index is 1.83. The lowest BCUT2D eigenvalue weighted by Crippen LogP contribution is -2.43. The number of rotatable bonds is 6. The second-order valence-corrected chi connectivity index (χ2v) is 8.00. The lowest BCUT2D eigenvalue weighted by Gasteiger charge is -2.27. The van der Waals surface area contributed by atoms with Crippen LogP contribution < -0.4 is 9.64 Å². The van der Waals surface area contributed by atoms with Crippen molar-refractivity contribution in [2.45, 2.75) is 38.8 Å². The van der Waals surface area contributed by atoms with E-state index in [0.29, 0.717) is 6.54 Å². The summed E-state index contributed by atoms with van der Waals surface area (Å²) in [6.07, 6.45) is -3.17. The lowest BCUT2D eigenvalue weighted by atomic mass is 10.0. The number of urea groups is 1. The highest BCUT2D eigenvalue weighted by Gasteiger charge is 2.51. The van der Waals surface area contributed by atoms with Gasteiger partial charge in [-0.2, -0.15) is 0 Å². The van der Waals surface area contributed by atoms with Crippen LogP contribution in [-0.4, -0.2) is 52.7 Å². The Bertz CT molecular complexity index is 975. The Morgan fingerprint density at radius 3 is 2.32 bits per heavy atom. The molecule has 0 saturated carbocycles. The highest BCUT2D eigenvalue weighted by molar-refractivity contribution is 6.22. The molecule has 2 aromatic rings. The summed E-state index contributed by atoms with van der Waals surface area (Å²) in [4.78, 5) is 34.8. The van der Waals surface area contributed by atoms with Gasteiger partial charge in [0.25, 0.3) is 5.91 Å². The summed E-state index contributed by atoms with van der Waals surface area (Å²) in [7, 11) is 3.84. The predicted octanol–water partition coefficient (Wildman–Crippen LogP) is 3.79. The van der Waals surface area contributed by atoms with Crippen molar-refractivity contribution in [1.82, 2.24) is 14.8 Å². The van der Waals surface area contributed by atoms with Crippen molar-refractivity contribution < 1.29 is 27.5 Å². The SMILES string of the molecule is CN(C)Cc1cc(CN2C(=O)N(c3ccc(OC(F)(F)F)cc3)C(=O)C2(C)C)ccn1. The minimum atomic E-state index is -4.82. The monoisotopic (exact) mass is 436 g/mol. The van der Waals surface area contributed by atoms with E-state index in [-0.39, 0.29) is 12.2 Å². The fourth-order valence-corrected chi connectivity index (χ4v) is 3.35. The average molecular weight is 436 g/mol. The molecule has 0 unspecified atom stereocenters. The molecule has 1 fully saturated rings. The molecule has 1 saturated heterocycles. The second-order valence-electron chi connectivity index (χ2n) is 8.00. The van der Waals surface area contributed by atoms with Crippen LogP contribution in [0.4, 0.5) is 23.7 Å². The molecule has 0 spiro atoms. The van der Waals surface area contributed by atoms with Gasteiger partial charge in [-0.1, -0.05) is 0 Å². The van der Waals surface area contributed by atoms with Gasteiger partial charge in [-0.15, -0.1) is 13.2 Å². The standard InChI is InChI=1S/C21H23F3N4O3/c1-20(2)18(29)28(16-5-7-17(8-6-16)31-21(22,23)24)19(30)27(20)12-14-9-10-25-15(11-14)13-26(3)4/h5-11H,12-13H2,1-4H3. The number of imide groups is 1. The molecule has 1 aromatic heterocycles. The van der Waals surface area contributed by atoms with Crippen LogP contribution in [0.3, 0.4) is 0 Å². The predicted molar refractivity (Wildman–Crippen MR) is 107 cm³/mol. The van der Waals surface area contributed by atoms with Crippen LogP contribution in [-0.2, 0) is 17.9 Å². The topological polar surface area (TPSA) is 66.0 Å². The van der Waals surface area contributed by atoms with Gasteiger partial charge in [0.15, 0.2) is 0 Å². The molecule has 31 heavy (non-hydrogen) atoms. The van der Waals surface area contributed by atoms with Gasteiger partial charge in [-0.25, -0.2) is 9.69 Å². The van der Waals surface area contributed by atoms with E-state index in [2.05, 4.69) is 9.72 Å². The Labute approximate surface area is 178 Å². The maximum atomic E-state index is 13.1. The molecule has 1 aliphatic heterocycles. The van der Waals surface area contributed by atoms with Gasteiger partial charge in [0.2, 0.25) is 0 Å². The van der Waals surface area contributed by atoms with Crippen LogP contribution in [0.5, 0.6) is 5.75 Å². The van der Waals surface area contributed by atoms with E-state index in [1.54, 1.807) is 26.1 Å². The molecule has 0 aliphatic carbocycles. The van der Waals surface area contributed by atoms with Crippen LogP contribution in [0, 0.1) is 0 Å². The summed E-state index contributed by atoms with van der Waals surface area (Å²) in [5.74, 6) is -0.902. The first kappa shape index (κ1) is 22.5. The van der Waals surface area contributed by atoms with E-state index in [1.807, 2.05) is 25.1 Å². The highest BCUT2D eigenvalue weighted by Crippen LogP contribution is 2.34. The first-order valence-corrected chi connectivity index (χ1v) is 9.49. The Morgan fingerprint density at radius 2 is 1.74 bits per heavy atom. The molecular weight excluding hydrogens is 413 g/mol. The summed E-state index contributed by atoms with van der Waals surface area (Å²) in [5.41, 5.74) is 0.679. The third-order valence-corrected chi connectivity index (χ3v) is 4.85. The quantitative estimate of drug-likeness (QED) is 0.645. The van der Waals surface area contributed by atoms with Crippen molar-refractivity contribution in [3.8, 4) is 5.75 Å². The number of hydrogen-bond donors (Lipinski definition) is 0. The van der Waals surface area contributed by atoms with Crippen LogP contribution in [0.25, 0.3) is 0 Å². The van der Waals surface area contributed by atoms with Crippen LogP contribution in [0.1, 0.15) is 25.1 Å². The number of anilines is 1. The van der Waals surface area contributed by atoms with Gasteiger partial charge in [0, 0.05) is 19.3 Å². The number of ether oxygens (including phenoxy) is 1. The molecule has 10 heteroatoms. The number of hydrogen-bond acceptors (Lipinski definition) is 5. The third kappa shape index (κ3) is 4.96. The number of nitrogens with zero attached hydrogens (tertiary/aromatic N) is 4. The minimum Gasteiger partial charge on any atom is -0.406 e. The largest absolute Gasteiger partial charge is 0.573 e. The van der Waals surface area contributed by atoms with Crippen LogP contribution in [0.2, 0.25) is 0 Å². The zero-order valence-electron chi connectivity index (χ0n) is 17.6.